The molecule has 0 radical (unpaired) electrons. The summed E-state index contributed by atoms with van der Waals surface area (Å²) in [5.41, 5.74) is 9.85. The standard InChI is InChI=1S/C19H17N5O2/c1-11-17(13-8-22-16(10-26-2)23-9-13)15(7-20)19(21)24-18(11)12-3-5-14(25)6-4-12/h3-6,8-9,25H,10H2,1-2H3,(H2,21,24). The van der Waals surface area contributed by atoms with Crippen molar-refractivity contribution in [2.75, 3.05) is 12.8 Å². The number of aromatic hydroxyl groups is 1. The van der Waals surface area contributed by atoms with Crippen LogP contribution in [0.1, 0.15) is 17.0 Å². The molecule has 3 aromatic rings. The summed E-state index contributed by atoms with van der Waals surface area (Å²) in [4.78, 5) is 12.9. The van der Waals surface area contributed by atoms with Gasteiger partial charge >= 0.3 is 0 Å². The molecule has 0 fully saturated rings. The molecule has 0 spiro atoms. The number of anilines is 1. The lowest BCUT2D eigenvalue weighted by atomic mass is 9.94. The fraction of sp³-hybridized carbons (Fsp3) is 0.158. The largest absolute Gasteiger partial charge is 0.508 e. The molecule has 7 nitrogen and oxygen atoms in total. The van der Waals surface area contributed by atoms with Gasteiger partial charge in [0.1, 0.15) is 29.8 Å². The number of hydrogen-bond acceptors (Lipinski definition) is 7. The highest BCUT2D eigenvalue weighted by molar-refractivity contribution is 5.83. The zero-order valence-electron chi connectivity index (χ0n) is 14.4. The van der Waals surface area contributed by atoms with Gasteiger partial charge in [0.05, 0.1) is 5.69 Å². The molecule has 130 valence electrons. The van der Waals surface area contributed by atoms with Crippen LogP contribution in [0.3, 0.4) is 0 Å². The number of nitrogens with zero attached hydrogens (tertiary/aromatic N) is 4. The van der Waals surface area contributed by atoms with Crippen molar-refractivity contribution in [3.63, 3.8) is 0 Å². The second kappa shape index (κ2) is 7.17. The van der Waals surface area contributed by atoms with E-state index in [-0.39, 0.29) is 17.1 Å². The highest BCUT2D eigenvalue weighted by Gasteiger charge is 2.19. The molecule has 0 aliphatic heterocycles. The number of benzene rings is 1. The molecule has 3 N–H and O–H groups in total. The van der Waals surface area contributed by atoms with Crippen LogP contribution in [0.25, 0.3) is 22.4 Å². The van der Waals surface area contributed by atoms with Crippen LogP contribution >= 0.6 is 0 Å². The zero-order valence-corrected chi connectivity index (χ0v) is 14.4. The zero-order chi connectivity index (χ0) is 18.7. The summed E-state index contributed by atoms with van der Waals surface area (Å²) in [6.07, 6.45) is 3.29. The molecule has 0 bridgehead atoms. The maximum absolute atomic E-state index is 9.56. The average molecular weight is 347 g/mol. The lowest BCUT2D eigenvalue weighted by Gasteiger charge is -2.15. The molecule has 3 rings (SSSR count). The van der Waals surface area contributed by atoms with Crippen LogP contribution in [0.2, 0.25) is 0 Å². The van der Waals surface area contributed by atoms with Crippen LogP contribution in [0.4, 0.5) is 5.82 Å². The molecule has 0 saturated carbocycles. The smallest absolute Gasteiger partial charge is 0.153 e. The van der Waals surface area contributed by atoms with Crippen LogP contribution < -0.4 is 5.73 Å². The van der Waals surface area contributed by atoms with Crippen LogP contribution in [-0.4, -0.2) is 27.2 Å². The van der Waals surface area contributed by atoms with Crippen molar-refractivity contribution in [3.8, 4) is 34.2 Å². The number of pyridine rings is 1. The molecule has 2 heterocycles. The number of nitrogens with two attached hydrogens (primary N) is 1. The Morgan fingerprint density at radius 2 is 1.81 bits per heavy atom. The highest BCUT2D eigenvalue weighted by atomic mass is 16.5. The van der Waals surface area contributed by atoms with Crippen LogP contribution in [0, 0.1) is 18.3 Å². The van der Waals surface area contributed by atoms with Gasteiger partial charge in [0.2, 0.25) is 0 Å². The van der Waals surface area contributed by atoms with Crippen LogP contribution in [0.15, 0.2) is 36.7 Å². The minimum absolute atomic E-state index is 0.136. The molecule has 0 aliphatic carbocycles. The van der Waals surface area contributed by atoms with Gasteiger partial charge in [0.25, 0.3) is 0 Å². The summed E-state index contributed by atoms with van der Waals surface area (Å²) in [5, 5.41) is 19.1. The Hall–Kier alpha value is -3.50. The Labute approximate surface area is 150 Å². The Morgan fingerprint density at radius 3 is 2.38 bits per heavy atom. The maximum atomic E-state index is 9.56. The first kappa shape index (κ1) is 17.3. The van der Waals surface area contributed by atoms with Gasteiger partial charge in [-0.25, -0.2) is 15.0 Å². The molecule has 0 amide bonds. The number of phenols is 1. The summed E-state index contributed by atoms with van der Waals surface area (Å²) in [6.45, 7) is 2.18. The Kier molecular flexibility index (Phi) is 4.78. The molecule has 1 aromatic carbocycles. The van der Waals surface area contributed by atoms with Crippen molar-refractivity contribution in [3.05, 3.63) is 53.6 Å². The van der Waals surface area contributed by atoms with E-state index in [0.717, 1.165) is 11.1 Å². The number of hydrogen-bond donors (Lipinski definition) is 2. The Morgan fingerprint density at radius 1 is 1.15 bits per heavy atom. The summed E-state index contributed by atoms with van der Waals surface area (Å²) in [5.74, 6) is 0.848. The van der Waals surface area contributed by atoms with E-state index in [1.54, 1.807) is 43.8 Å². The topological polar surface area (TPSA) is 118 Å². The van der Waals surface area contributed by atoms with Gasteiger partial charge in [-0.15, -0.1) is 0 Å². The number of ether oxygens (including phenoxy) is 1. The van der Waals surface area contributed by atoms with Gasteiger partial charge in [-0.1, -0.05) is 0 Å². The van der Waals surface area contributed by atoms with Crippen LogP contribution in [-0.2, 0) is 11.3 Å². The number of aromatic nitrogens is 3. The van der Waals surface area contributed by atoms with Gasteiger partial charge in [-0.3, -0.25) is 0 Å². The third kappa shape index (κ3) is 3.18. The van der Waals surface area contributed by atoms with Crippen molar-refractivity contribution < 1.29 is 9.84 Å². The quantitative estimate of drug-likeness (QED) is 0.745. The fourth-order valence-electron chi connectivity index (χ4n) is 2.76. The van der Waals surface area contributed by atoms with Crippen molar-refractivity contribution in [2.24, 2.45) is 0 Å². The first-order valence-corrected chi connectivity index (χ1v) is 7.85. The lowest BCUT2D eigenvalue weighted by molar-refractivity contribution is 0.178. The van der Waals surface area contributed by atoms with E-state index in [1.165, 1.54) is 0 Å². The average Bonchev–Trinajstić information content (AvgIpc) is 2.65. The minimum atomic E-state index is 0.136. The van der Waals surface area contributed by atoms with E-state index in [9.17, 15) is 10.4 Å². The second-order valence-corrected chi connectivity index (χ2v) is 5.70. The van der Waals surface area contributed by atoms with E-state index in [4.69, 9.17) is 10.5 Å². The molecule has 0 atom stereocenters. The number of methoxy groups -OCH3 is 1. The van der Waals surface area contributed by atoms with E-state index in [0.29, 0.717) is 29.3 Å². The summed E-state index contributed by atoms with van der Waals surface area (Å²) in [6, 6.07) is 8.77. The molecular formula is C19H17N5O2. The van der Waals surface area contributed by atoms with Gasteiger partial charge in [-0.2, -0.15) is 5.26 Å². The third-order valence-corrected chi connectivity index (χ3v) is 3.99. The fourth-order valence-corrected chi connectivity index (χ4v) is 2.76. The number of phenolic OH excluding ortho intramolecular Hbond substituents is 1. The third-order valence-electron chi connectivity index (χ3n) is 3.99. The highest BCUT2D eigenvalue weighted by Crippen LogP contribution is 2.35. The molecule has 7 heteroatoms. The molecule has 0 saturated heterocycles. The van der Waals surface area contributed by atoms with Gasteiger partial charge < -0.3 is 15.6 Å². The van der Waals surface area contributed by atoms with Crippen molar-refractivity contribution in [1.82, 2.24) is 15.0 Å². The summed E-state index contributed by atoms with van der Waals surface area (Å²) in [7, 11) is 1.57. The molecule has 26 heavy (non-hydrogen) atoms. The van der Waals surface area contributed by atoms with Crippen molar-refractivity contribution >= 4 is 5.82 Å². The molecule has 0 aliphatic rings. The number of rotatable bonds is 4. The van der Waals surface area contributed by atoms with Crippen molar-refractivity contribution in [1.29, 1.82) is 5.26 Å². The number of nitriles is 1. The molecule has 0 unspecified atom stereocenters. The SMILES string of the molecule is COCc1ncc(-c2c(C)c(-c3ccc(O)cc3)nc(N)c2C#N)cn1. The van der Waals surface area contributed by atoms with Gasteiger partial charge in [0.15, 0.2) is 5.82 Å². The number of nitrogen functional groups attached to an aromatic ring is 1. The van der Waals surface area contributed by atoms with Crippen LogP contribution in [0.5, 0.6) is 5.75 Å². The normalized spacial score (nSPS) is 10.5. The minimum Gasteiger partial charge on any atom is -0.508 e. The van der Waals surface area contributed by atoms with Gasteiger partial charge in [0, 0.05) is 36.2 Å². The van der Waals surface area contributed by atoms with E-state index in [2.05, 4.69) is 21.0 Å². The first-order chi connectivity index (χ1) is 12.5. The van der Waals surface area contributed by atoms with E-state index in [1.807, 2.05) is 6.92 Å². The Balaban J connectivity index is 2.20. The van der Waals surface area contributed by atoms with E-state index >= 15 is 0 Å². The summed E-state index contributed by atoms with van der Waals surface area (Å²) >= 11 is 0. The predicted octanol–water partition coefficient (Wildman–Crippen LogP) is 2.82. The second-order valence-electron chi connectivity index (χ2n) is 5.70. The van der Waals surface area contributed by atoms with Gasteiger partial charge in [-0.05, 0) is 36.8 Å². The Bertz CT molecular complexity index is 977. The maximum Gasteiger partial charge on any atom is 0.153 e. The van der Waals surface area contributed by atoms with Crippen molar-refractivity contribution in [2.45, 2.75) is 13.5 Å². The monoisotopic (exact) mass is 347 g/mol. The molecule has 2 aromatic heterocycles. The lowest BCUT2D eigenvalue weighted by Crippen LogP contribution is -2.04. The first-order valence-electron chi connectivity index (χ1n) is 7.85. The van der Waals surface area contributed by atoms with E-state index < -0.39 is 0 Å². The summed E-state index contributed by atoms with van der Waals surface area (Å²) < 4.78 is 5.02. The molecular weight excluding hydrogens is 330 g/mol. The predicted molar refractivity (Wildman–Crippen MR) is 96.9 cm³/mol.